The van der Waals surface area contributed by atoms with E-state index in [-0.39, 0.29) is 43.8 Å². The van der Waals surface area contributed by atoms with Gasteiger partial charge in [-0.15, -0.1) is 6.58 Å². The molecule has 32 heavy (non-hydrogen) atoms. The van der Waals surface area contributed by atoms with Gasteiger partial charge in [0.1, 0.15) is 23.9 Å². The average Bonchev–Trinajstić information content (AvgIpc) is 3.19. The Morgan fingerprint density at radius 2 is 1.69 bits per heavy atom. The summed E-state index contributed by atoms with van der Waals surface area (Å²) >= 11 is 0. The van der Waals surface area contributed by atoms with Gasteiger partial charge >= 0.3 is 0 Å². The Hall–Kier alpha value is -3.67. The number of carbonyl (C=O) groups excluding carboxylic acids is 2. The normalized spacial score (nSPS) is 10.6. The smallest absolute Gasteiger partial charge is 0.254 e. The van der Waals surface area contributed by atoms with E-state index in [2.05, 4.69) is 6.58 Å². The fourth-order valence-corrected chi connectivity index (χ4v) is 3.42. The first-order valence-corrected chi connectivity index (χ1v) is 10.4. The summed E-state index contributed by atoms with van der Waals surface area (Å²) in [5.41, 5.74) is 2.17. The third kappa shape index (κ3) is 5.94. The predicted molar refractivity (Wildman–Crippen MR) is 121 cm³/mol. The second kappa shape index (κ2) is 10.6. The molecule has 0 N–H and O–H groups in total. The van der Waals surface area contributed by atoms with Crippen molar-refractivity contribution < 1.29 is 18.4 Å². The summed E-state index contributed by atoms with van der Waals surface area (Å²) in [4.78, 5) is 29.5. The van der Waals surface area contributed by atoms with E-state index in [0.29, 0.717) is 11.3 Å². The highest BCUT2D eigenvalue weighted by atomic mass is 19.1. The molecule has 0 spiro atoms. The minimum atomic E-state index is -0.339. The summed E-state index contributed by atoms with van der Waals surface area (Å²) in [6, 6.07) is 16.9. The summed E-state index contributed by atoms with van der Waals surface area (Å²) in [5.74, 6) is 0.573. The van der Waals surface area contributed by atoms with Crippen molar-refractivity contribution in [1.82, 2.24) is 9.80 Å². The van der Waals surface area contributed by atoms with Crippen LogP contribution in [-0.2, 0) is 17.9 Å². The van der Waals surface area contributed by atoms with E-state index < -0.39 is 0 Å². The monoisotopic (exact) mass is 434 g/mol. The molecule has 5 nitrogen and oxygen atoms in total. The molecule has 3 aromatic rings. The molecule has 0 unspecified atom stereocenters. The van der Waals surface area contributed by atoms with Crippen molar-refractivity contribution in [3.63, 3.8) is 0 Å². The number of benzene rings is 2. The van der Waals surface area contributed by atoms with Crippen LogP contribution < -0.4 is 0 Å². The Morgan fingerprint density at radius 1 is 0.969 bits per heavy atom. The summed E-state index contributed by atoms with van der Waals surface area (Å²) < 4.78 is 19.0. The van der Waals surface area contributed by atoms with Crippen LogP contribution in [0.5, 0.6) is 0 Å². The SMILES string of the molecule is C=CCN(CC(=O)N(Cc1ccc(F)cc1)Cc1ccc(C)o1)C(=O)c1ccccc1C. The molecular formula is C26H27FN2O3. The highest BCUT2D eigenvalue weighted by molar-refractivity contribution is 5.97. The number of furan rings is 1. The molecule has 0 atom stereocenters. The number of amides is 2. The molecule has 0 aliphatic heterocycles. The van der Waals surface area contributed by atoms with Crippen molar-refractivity contribution in [2.24, 2.45) is 0 Å². The van der Waals surface area contributed by atoms with E-state index in [1.54, 1.807) is 35.2 Å². The Kier molecular flexibility index (Phi) is 7.60. The quantitative estimate of drug-likeness (QED) is 0.451. The number of nitrogens with zero attached hydrogens (tertiary/aromatic N) is 2. The largest absolute Gasteiger partial charge is 0.464 e. The topological polar surface area (TPSA) is 53.8 Å². The third-order valence-electron chi connectivity index (χ3n) is 5.12. The zero-order valence-electron chi connectivity index (χ0n) is 18.4. The van der Waals surface area contributed by atoms with Gasteiger partial charge in [0.05, 0.1) is 6.54 Å². The van der Waals surface area contributed by atoms with Crippen molar-refractivity contribution >= 4 is 11.8 Å². The first kappa shape index (κ1) is 23.0. The van der Waals surface area contributed by atoms with Gasteiger partial charge in [-0.05, 0) is 55.3 Å². The molecule has 2 aromatic carbocycles. The van der Waals surface area contributed by atoms with E-state index in [9.17, 15) is 14.0 Å². The Bertz CT molecular complexity index is 1090. The van der Waals surface area contributed by atoms with Crippen LogP contribution in [0.1, 0.15) is 33.0 Å². The molecule has 0 bridgehead atoms. The molecule has 6 heteroatoms. The fourth-order valence-electron chi connectivity index (χ4n) is 3.42. The number of hydrogen-bond donors (Lipinski definition) is 0. The third-order valence-corrected chi connectivity index (χ3v) is 5.12. The standard InChI is InChI=1S/C26H27FN2O3/c1-4-15-28(26(31)24-8-6-5-7-19(24)2)18-25(30)29(17-23-14-9-20(3)32-23)16-21-10-12-22(27)13-11-21/h4-14H,1,15-18H2,2-3H3. The maximum Gasteiger partial charge on any atom is 0.254 e. The van der Waals surface area contributed by atoms with Crippen LogP contribution in [0.3, 0.4) is 0 Å². The molecule has 0 fully saturated rings. The van der Waals surface area contributed by atoms with Crippen LogP contribution in [0.15, 0.2) is 77.7 Å². The molecular weight excluding hydrogens is 407 g/mol. The zero-order chi connectivity index (χ0) is 23.1. The maximum absolute atomic E-state index is 13.3. The van der Waals surface area contributed by atoms with Gasteiger partial charge in [0, 0.05) is 18.7 Å². The summed E-state index contributed by atoms with van der Waals surface area (Å²) in [7, 11) is 0. The first-order chi connectivity index (χ1) is 15.4. The number of hydrogen-bond acceptors (Lipinski definition) is 3. The van der Waals surface area contributed by atoms with E-state index in [1.807, 2.05) is 38.1 Å². The summed E-state index contributed by atoms with van der Waals surface area (Å²) in [6.07, 6.45) is 1.60. The summed E-state index contributed by atoms with van der Waals surface area (Å²) in [6.45, 7) is 8.06. The van der Waals surface area contributed by atoms with Crippen LogP contribution in [0.25, 0.3) is 0 Å². The number of rotatable bonds is 9. The molecule has 2 amide bonds. The van der Waals surface area contributed by atoms with E-state index in [1.165, 1.54) is 17.0 Å². The molecule has 0 saturated carbocycles. The van der Waals surface area contributed by atoms with Gasteiger partial charge in [-0.1, -0.05) is 36.4 Å². The lowest BCUT2D eigenvalue weighted by molar-refractivity contribution is -0.133. The Balaban J connectivity index is 1.82. The van der Waals surface area contributed by atoms with Gasteiger partial charge < -0.3 is 14.2 Å². The van der Waals surface area contributed by atoms with Crippen molar-refractivity contribution in [1.29, 1.82) is 0 Å². The molecule has 0 saturated heterocycles. The number of carbonyl (C=O) groups is 2. The van der Waals surface area contributed by atoms with Crippen LogP contribution >= 0.6 is 0 Å². The van der Waals surface area contributed by atoms with Gasteiger partial charge in [0.2, 0.25) is 5.91 Å². The zero-order valence-corrected chi connectivity index (χ0v) is 18.4. The minimum absolute atomic E-state index is 0.111. The van der Waals surface area contributed by atoms with Gasteiger partial charge in [-0.3, -0.25) is 9.59 Å². The van der Waals surface area contributed by atoms with Crippen LogP contribution in [0.4, 0.5) is 4.39 Å². The van der Waals surface area contributed by atoms with Crippen molar-refractivity contribution in [2.75, 3.05) is 13.1 Å². The summed E-state index contributed by atoms with van der Waals surface area (Å²) in [5, 5.41) is 0. The lowest BCUT2D eigenvalue weighted by atomic mass is 10.1. The van der Waals surface area contributed by atoms with E-state index in [4.69, 9.17) is 4.42 Å². The molecule has 3 rings (SSSR count). The lowest BCUT2D eigenvalue weighted by Gasteiger charge is -2.27. The molecule has 0 aliphatic rings. The molecule has 0 aliphatic carbocycles. The van der Waals surface area contributed by atoms with Gasteiger partial charge in [-0.2, -0.15) is 0 Å². The van der Waals surface area contributed by atoms with Crippen LogP contribution in [0, 0.1) is 19.7 Å². The second-order valence-corrected chi connectivity index (χ2v) is 7.68. The van der Waals surface area contributed by atoms with Gasteiger partial charge in [0.25, 0.3) is 5.91 Å². The average molecular weight is 435 g/mol. The van der Waals surface area contributed by atoms with E-state index in [0.717, 1.165) is 16.9 Å². The Morgan fingerprint density at radius 3 is 2.31 bits per heavy atom. The predicted octanol–water partition coefficient (Wildman–Crippen LogP) is 4.89. The van der Waals surface area contributed by atoms with Crippen LogP contribution in [-0.4, -0.2) is 34.7 Å². The second-order valence-electron chi connectivity index (χ2n) is 7.68. The molecule has 0 radical (unpaired) electrons. The highest BCUT2D eigenvalue weighted by Gasteiger charge is 2.23. The van der Waals surface area contributed by atoms with Crippen molar-refractivity contribution in [3.8, 4) is 0 Å². The van der Waals surface area contributed by atoms with Crippen molar-refractivity contribution in [2.45, 2.75) is 26.9 Å². The van der Waals surface area contributed by atoms with E-state index >= 15 is 0 Å². The first-order valence-electron chi connectivity index (χ1n) is 10.4. The Labute approximate surface area is 187 Å². The minimum Gasteiger partial charge on any atom is -0.464 e. The fraction of sp³-hybridized carbons (Fsp3) is 0.231. The lowest BCUT2D eigenvalue weighted by Crippen LogP contribution is -2.42. The molecule has 1 aromatic heterocycles. The van der Waals surface area contributed by atoms with Gasteiger partial charge in [-0.25, -0.2) is 4.39 Å². The van der Waals surface area contributed by atoms with Crippen molar-refractivity contribution in [3.05, 3.63) is 107 Å². The number of halogens is 1. The van der Waals surface area contributed by atoms with Gasteiger partial charge in [0.15, 0.2) is 0 Å². The molecule has 166 valence electrons. The number of aryl methyl sites for hydroxylation is 2. The molecule has 1 heterocycles. The maximum atomic E-state index is 13.3. The van der Waals surface area contributed by atoms with Crippen LogP contribution in [0.2, 0.25) is 0 Å². The highest BCUT2D eigenvalue weighted by Crippen LogP contribution is 2.16.